The third kappa shape index (κ3) is 4.39. The van der Waals surface area contributed by atoms with Crippen molar-refractivity contribution >= 4 is 34.9 Å². The summed E-state index contributed by atoms with van der Waals surface area (Å²) in [7, 11) is 0. The van der Waals surface area contributed by atoms with Crippen molar-refractivity contribution in [3.05, 3.63) is 41.0 Å². The number of thioether (sulfide) groups is 1. The van der Waals surface area contributed by atoms with Crippen LogP contribution in [0.3, 0.4) is 0 Å². The molecular weight excluding hydrogens is 290 g/mol. The van der Waals surface area contributed by atoms with Gasteiger partial charge in [0.1, 0.15) is 11.0 Å². The molecule has 0 aliphatic heterocycles. The maximum Gasteiger partial charge on any atom is 0.190 e. The summed E-state index contributed by atoms with van der Waals surface area (Å²) < 4.78 is 0. The largest absolute Gasteiger partial charge is 0.340 e. The van der Waals surface area contributed by atoms with Crippen molar-refractivity contribution in [2.24, 2.45) is 0 Å². The van der Waals surface area contributed by atoms with Gasteiger partial charge in [0.25, 0.3) is 0 Å². The molecule has 0 fully saturated rings. The lowest BCUT2D eigenvalue weighted by Crippen LogP contribution is -1.97. The fraction of sp³-hybridized carbons (Fsp3) is 0.333. The van der Waals surface area contributed by atoms with Crippen LogP contribution in [0.5, 0.6) is 0 Å². The molecule has 0 atom stereocenters. The predicted molar refractivity (Wildman–Crippen MR) is 87.2 cm³/mol. The van der Waals surface area contributed by atoms with Gasteiger partial charge in [0.2, 0.25) is 0 Å². The zero-order valence-electron chi connectivity index (χ0n) is 11.7. The second-order valence-corrected chi connectivity index (χ2v) is 5.65. The topological polar surface area (TPSA) is 37.8 Å². The van der Waals surface area contributed by atoms with Crippen molar-refractivity contribution in [2.75, 3.05) is 11.6 Å². The molecule has 0 bridgehead atoms. The van der Waals surface area contributed by atoms with Crippen LogP contribution in [0.15, 0.2) is 35.5 Å². The van der Waals surface area contributed by atoms with E-state index in [0.717, 1.165) is 17.9 Å². The van der Waals surface area contributed by atoms with E-state index in [1.807, 2.05) is 6.26 Å². The molecule has 0 aliphatic rings. The Balaban J connectivity index is 2.07. The molecule has 0 saturated carbocycles. The van der Waals surface area contributed by atoms with E-state index in [9.17, 15) is 0 Å². The highest BCUT2D eigenvalue weighted by Gasteiger charge is 2.03. The van der Waals surface area contributed by atoms with Gasteiger partial charge in [-0.2, -0.15) is 0 Å². The first-order valence-corrected chi connectivity index (χ1v) is 8.26. The molecule has 1 heterocycles. The van der Waals surface area contributed by atoms with E-state index < -0.39 is 0 Å². The van der Waals surface area contributed by atoms with Gasteiger partial charge in [-0.1, -0.05) is 48.8 Å². The molecular formula is C15H18ClN3S. The van der Waals surface area contributed by atoms with Crippen molar-refractivity contribution in [1.82, 2.24) is 9.97 Å². The molecule has 1 aromatic carbocycles. The van der Waals surface area contributed by atoms with Gasteiger partial charge in [-0.3, -0.25) is 0 Å². The molecule has 0 radical (unpaired) electrons. The van der Waals surface area contributed by atoms with Gasteiger partial charge in [0.05, 0.1) is 0 Å². The molecule has 20 heavy (non-hydrogen) atoms. The Morgan fingerprint density at radius 1 is 1.20 bits per heavy atom. The van der Waals surface area contributed by atoms with Crippen molar-refractivity contribution in [1.29, 1.82) is 0 Å². The lowest BCUT2D eigenvalue weighted by molar-refractivity contribution is 0.795. The molecule has 0 aliphatic carbocycles. The standard InChI is InChI=1S/C15H18ClN3S/c1-3-4-5-11-6-8-12(9-7-11)17-14-10-13(16)18-15(19-14)20-2/h6-10H,3-5H2,1-2H3,(H,17,18,19). The molecule has 106 valence electrons. The van der Waals surface area contributed by atoms with Crippen LogP contribution in [-0.4, -0.2) is 16.2 Å². The summed E-state index contributed by atoms with van der Waals surface area (Å²) in [5.74, 6) is 0.718. The van der Waals surface area contributed by atoms with Crippen molar-refractivity contribution in [3.63, 3.8) is 0 Å². The van der Waals surface area contributed by atoms with Crippen LogP contribution in [0.25, 0.3) is 0 Å². The van der Waals surface area contributed by atoms with Gasteiger partial charge >= 0.3 is 0 Å². The van der Waals surface area contributed by atoms with Crippen LogP contribution in [0.4, 0.5) is 11.5 Å². The first kappa shape index (κ1) is 15.1. The monoisotopic (exact) mass is 307 g/mol. The van der Waals surface area contributed by atoms with E-state index in [1.54, 1.807) is 6.07 Å². The van der Waals surface area contributed by atoms with Crippen LogP contribution in [0.1, 0.15) is 25.3 Å². The third-order valence-electron chi connectivity index (χ3n) is 2.90. The van der Waals surface area contributed by atoms with Crippen LogP contribution in [0.2, 0.25) is 5.15 Å². The Bertz CT molecular complexity index is 558. The molecule has 2 rings (SSSR count). The van der Waals surface area contributed by atoms with E-state index in [4.69, 9.17) is 11.6 Å². The summed E-state index contributed by atoms with van der Waals surface area (Å²) in [5, 5.41) is 4.37. The third-order valence-corrected chi connectivity index (χ3v) is 3.64. The Morgan fingerprint density at radius 3 is 2.60 bits per heavy atom. The highest BCUT2D eigenvalue weighted by Crippen LogP contribution is 2.21. The van der Waals surface area contributed by atoms with Crippen molar-refractivity contribution in [2.45, 2.75) is 31.3 Å². The smallest absolute Gasteiger partial charge is 0.190 e. The van der Waals surface area contributed by atoms with E-state index in [2.05, 4.69) is 46.5 Å². The van der Waals surface area contributed by atoms with Crippen LogP contribution in [-0.2, 0) is 6.42 Å². The number of nitrogens with one attached hydrogen (secondary N) is 1. The number of nitrogens with zero attached hydrogens (tertiary/aromatic N) is 2. The molecule has 1 aromatic heterocycles. The summed E-state index contributed by atoms with van der Waals surface area (Å²) in [6, 6.07) is 10.2. The molecule has 0 amide bonds. The molecule has 3 nitrogen and oxygen atoms in total. The molecule has 5 heteroatoms. The Labute approximate surface area is 129 Å². The van der Waals surface area contributed by atoms with Crippen LogP contribution in [0, 0.1) is 0 Å². The fourth-order valence-corrected chi connectivity index (χ4v) is 2.45. The summed E-state index contributed by atoms with van der Waals surface area (Å²) >= 11 is 7.45. The van der Waals surface area contributed by atoms with Gasteiger partial charge in [0.15, 0.2) is 5.16 Å². The Kier molecular flexibility index (Phi) is 5.68. The molecule has 0 unspecified atom stereocenters. The number of rotatable bonds is 6. The zero-order chi connectivity index (χ0) is 14.4. The maximum atomic E-state index is 5.97. The number of anilines is 2. The first-order chi connectivity index (χ1) is 9.71. The molecule has 2 aromatic rings. The average molecular weight is 308 g/mol. The summed E-state index contributed by atoms with van der Waals surface area (Å²) in [6.45, 7) is 2.21. The number of aryl methyl sites for hydroxylation is 1. The second kappa shape index (κ2) is 7.50. The van der Waals surface area contributed by atoms with E-state index in [1.165, 1.54) is 30.2 Å². The van der Waals surface area contributed by atoms with E-state index >= 15 is 0 Å². The van der Waals surface area contributed by atoms with Crippen molar-refractivity contribution in [3.8, 4) is 0 Å². The van der Waals surface area contributed by atoms with Gasteiger partial charge in [-0.25, -0.2) is 9.97 Å². The van der Waals surface area contributed by atoms with Crippen LogP contribution < -0.4 is 5.32 Å². The van der Waals surface area contributed by atoms with Gasteiger partial charge in [-0.05, 0) is 36.8 Å². The lowest BCUT2D eigenvalue weighted by atomic mass is 10.1. The highest BCUT2D eigenvalue weighted by molar-refractivity contribution is 7.98. The minimum atomic E-state index is 0.450. The number of aromatic nitrogens is 2. The quantitative estimate of drug-likeness (QED) is 0.466. The van der Waals surface area contributed by atoms with Gasteiger partial charge in [0, 0.05) is 11.8 Å². The van der Waals surface area contributed by atoms with Gasteiger partial charge < -0.3 is 5.32 Å². The normalized spacial score (nSPS) is 10.6. The number of hydrogen-bond acceptors (Lipinski definition) is 4. The number of unbranched alkanes of at least 4 members (excludes halogenated alkanes) is 1. The predicted octanol–water partition coefficient (Wildman–Crippen LogP) is 4.94. The number of hydrogen-bond donors (Lipinski definition) is 1. The molecule has 1 N–H and O–H groups in total. The lowest BCUT2D eigenvalue weighted by Gasteiger charge is -2.08. The maximum absolute atomic E-state index is 5.97. The van der Waals surface area contributed by atoms with Gasteiger partial charge in [-0.15, -0.1) is 0 Å². The summed E-state index contributed by atoms with van der Waals surface area (Å²) in [5.41, 5.74) is 2.37. The summed E-state index contributed by atoms with van der Waals surface area (Å²) in [4.78, 5) is 8.49. The van der Waals surface area contributed by atoms with Crippen LogP contribution >= 0.6 is 23.4 Å². The average Bonchev–Trinajstić information content (AvgIpc) is 2.46. The zero-order valence-corrected chi connectivity index (χ0v) is 13.3. The van der Waals surface area contributed by atoms with E-state index in [0.29, 0.717) is 10.3 Å². The minimum Gasteiger partial charge on any atom is -0.340 e. The Morgan fingerprint density at radius 2 is 1.95 bits per heavy atom. The minimum absolute atomic E-state index is 0.450. The first-order valence-electron chi connectivity index (χ1n) is 6.66. The van der Waals surface area contributed by atoms with Crippen molar-refractivity contribution < 1.29 is 0 Å². The molecule has 0 saturated heterocycles. The fourth-order valence-electron chi connectivity index (χ4n) is 1.84. The number of halogens is 1. The Hall–Kier alpha value is -1.26. The highest BCUT2D eigenvalue weighted by atomic mass is 35.5. The van der Waals surface area contributed by atoms with E-state index in [-0.39, 0.29) is 0 Å². The number of benzene rings is 1. The molecule has 0 spiro atoms. The second-order valence-electron chi connectivity index (χ2n) is 4.49. The summed E-state index contributed by atoms with van der Waals surface area (Å²) in [6.07, 6.45) is 5.51. The SMILES string of the molecule is CCCCc1ccc(Nc2cc(Cl)nc(SC)n2)cc1.